The van der Waals surface area contributed by atoms with Gasteiger partial charge in [0.1, 0.15) is 0 Å². The number of hydrogen-bond donors (Lipinski definition) is 3. The van der Waals surface area contributed by atoms with E-state index in [9.17, 15) is 0 Å². The summed E-state index contributed by atoms with van der Waals surface area (Å²) in [4.78, 5) is 0. The molecule has 0 rings (SSSR count). The van der Waals surface area contributed by atoms with Crippen LogP contribution in [0, 0.1) is 0 Å². The molecule has 0 aromatic heterocycles. The molecular formula is C10H23N3OS. The zero-order valence-corrected chi connectivity index (χ0v) is 10.5. The van der Waals surface area contributed by atoms with Crippen LogP contribution in [0.2, 0.25) is 0 Å². The monoisotopic (exact) mass is 233 g/mol. The van der Waals surface area contributed by atoms with Crippen LogP contribution in [0.1, 0.15) is 32.6 Å². The van der Waals surface area contributed by atoms with Crippen molar-refractivity contribution in [2.24, 2.45) is 10.9 Å². The van der Waals surface area contributed by atoms with E-state index in [2.05, 4.69) is 16.7 Å². The second-order valence-corrected chi connectivity index (χ2v) is 4.59. The van der Waals surface area contributed by atoms with E-state index in [-0.39, 0.29) is 11.9 Å². The largest absolute Gasteiger partial charge is 0.409 e. The van der Waals surface area contributed by atoms with Crippen LogP contribution in [-0.4, -0.2) is 35.6 Å². The number of rotatable bonds is 9. The molecule has 0 heterocycles. The van der Waals surface area contributed by atoms with Crippen molar-refractivity contribution in [1.29, 1.82) is 0 Å². The van der Waals surface area contributed by atoms with Gasteiger partial charge in [0, 0.05) is 0 Å². The van der Waals surface area contributed by atoms with Crippen molar-refractivity contribution in [2.75, 3.05) is 18.6 Å². The maximum Gasteiger partial charge on any atom is 0.156 e. The summed E-state index contributed by atoms with van der Waals surface area (Å²) in [6.45, 7) is 2.82. The molecule has 0 amide bonds. The van der Waals surface area contributed by atoms with E-state index in [1.807, 2.05) is 18.7 Å². The van der Waals surface area contributed by atoms with E-state index >= 15 is 0 Å². The van der Waals surface area contributed by atoms with Crippen LogP contribution in [0.5, 0.6) is 0 Å². The number of unbranched alkanes of at least 4 members (excludes halogenated alkanes) is 3. The quantitative estimate of drug-likeness (QED) is 0.186. The van der Waals surface area contributed by atoms with Crippen LogP contribution >= 0.6 is 11.8 Å². The highest BCUT2D eigenvalue weighted by atomic mass is 32.2. The first kappa shape index (κ1) is 14.6. The summed E-state index contributed by atoms with van der Waals surface area (Å²) in [5.41, 5.74) is 5.43. The molecule has 15 heavy (non-hydrogen) atoms. The molecule has 0 aromatic rings. The predicted molar refractivity (Wildman–Crippen MR) is 67.7 cm³/mol. The molecule has 0 aromatic carbocycles. The maximum atomic E-state index is 8.43. The van der Waals surface area contributed by atoms with Gasteiger partial charge in [0.15, 0.2) is 5.84 Å². The third-order valence-corrected chi connectivity index (χ3v) is 2.98. The first-order chi connectivity index (χ1) is 7.22. The van der Waals surface area contributed by atoms with Gasteiger partial charge in [-0.15, -0.1) is 0 Å². The van der Waals surface area contributed by atoms with E-state index in [4.69, 9.17) is 10.9 Å². The number of nitrogens with two attached hydrogens (primary N) is 1. The van der Waals surface area contributed by atoms with Crippen molar-refractivity contribution < 1.29 is 5.21 Å². The van der Waals surface area contributed by atoms with E-state index in [1.54, 1.807) is 0 Å². The van der Waals surface area contributed by atoms with Gasteiger partial charge in [0.25, 0.3) is 0 Å². The van der Waals surface area contributed by atoms with Gasteiger partial charge in [-0.1, -0.05) is 18.0 Å². The van der Waals surface area contributed by atoms with Crippen LogP contribution in [0.4, 0.5) is 0 Å². The summed E-state index contributed by atoms with van der Waals surface area (Å²) in [7, 11) is 0. The fraction of sp³-hybridized carbons (Fsp3) is 0.900. The Bertz CT molecular complexity index is 176. The van der Waals surface area contributed by atoms with Gasteiger partial charge in [0.05, 0.1) is 6.04 Å². The van der Waals surface area contributed by atoms with Crippen molar-refractivity contribution in [3.05, 3.63) is 0 Å². The number of oxime groups is 1. The highest BCUT2D eigenvalue weighted by molar-refractivity contribution is 7.98. The molecule has 4 nitrogen and oxygen atoms in total. The third-order valence-electron chi connectivity index (χ3n) is 2.28. The fourth-order valence-corrected chi connectivity index (χ4v) is 1.73. The molecule has 4 N–H and O–H groups in total. The van der Waals surface area contributed by atoms with E-state index in [0.717, 1.165) is 13.0 Å². The third kappa shape index (κ3) is 8.57. The molecule has 0 saturated heterocycles. The summed E-state index contributed by atoms with van der Waals surface area (Å²) in [5, 5.41) is 14.6. The molecule has 1 atom stereocenters. The number of hydrogen-bond acceptors (Lipinski definition) is 4. The van der Waals surface area contributed by atoms with Gasteiger partial charge in [-0.3, -0.25) is 0 Å². The second kappa shape index (κ2) is 10.1. The molecule has 1 unspecified atom stereocenters. The number of nitrogens with one attached hydrogen (secondary N) is 1. The summed E-state index contributed by atoms with van der Waals surface area (Å²) >= 11 is 1.90. The summed E-state index contributed by atoms with van der Waals surface area (Å²) in [5.74, 6) is 1.51. The molecule has 0 spiro atoms. The molecule has 0 radical (unpaired) electrons. The number of amidine groups is 1. The minimum atomic E-state index is -0.0406. The van der Waals surface area contributed by atoms with E-state index < -0.39 is 0 Å². The van der Waals surface area contributed by atoms with Crippen molar-refractivity contribution in [3.63, 3.8) is 0 Å². The average molecular weight is 233 g/mol. The van der Waals surface area contributed by atoms with E-state index in [1.165, 1.54) is 25.0 Å². The van der Waals surface area contributed by atoms with Gasteiger partial charge in [-0.2, -0.15) is 11.8 Å². The van der Waals surface area contributed by atoms with Gasteiger partial charge in [0.2, 0.25) is 0 Å². The molecule has 0 bridgehead atoms. The average Bonchev–Trinajstić information content (AvgIpc) is 2.26. The standard InChI is InChI=1S/C10H23N3OS/c1-9(10(11)13-14)12-7-5-3-4-6-8-15-2/h9,12,14H,3-8H2,1-2H3,(H2,11,13). The number of thioether (sulfide) groups is 1. The maximum absolute atomic E-state index is 8.43. The molecule has 90 valence electrons. The van der Waals surface area contributed by atoms with Crippen molar-refractivity contribution in [2.45, 2.75) is 38.6 Å². The SMILES string of the molecule is CSCCCCCCNC(C)C(N)=NO. The number of nitrogens with zero attached hydrogens (tertiary/aromatic N) is 1. The van der Waals surface area contributed by atoms with Crippen LogP contribution < -0.4 is 11.1 Å². The van der Waals surface area contributed by atoms with Crippen molar-refractivity contribution in [3.8, 4) is 0 Å². The topological polar surface area (TPSA) is 70.6 Å². The first-order valence-corrected chi connectivity index (χ1v) is 6.81. The Kier molecular flexibility index (Phi) is 9.83. The Balaban J connectivity index is 3.24. The lowest BCUT2D eigenvalue weighted by Gasteiger charge is -2.11. The summed E-state index contributed by atoms with van der Waals surface area (Å²) in [6.07, 6.45) is 7.13. The minimum absolute atomic E-state index is 0.0406. The molecule has 5 heteroatoms. The molecular weight excluding hydrogens is 210 g/mol. The van der Waals surface area contributed by atoms with E-state index in [0.29, 0.717) is 0 Å². The van der Waals surface area contributed by atoms with Crippen LogP contribution in [-0.2, 0) is 0 Å². The molecule has 0 fully saturated rings. The Hall–Kier alpha value is -0.420. The van der Waals surface area contributed by atoms with Crippen LogP contribution in [0.3, 0.4) is 0 Å². The normalized spacial score (nSPS) is 14.1. The highest BCUT2D eigenvalue weighted by Crippen LogP contribution is 2.03. The fourth-order valence-electron chi connectivity index (χ4n) is 1.23. The lowest BCUT2D eigenvalue weighted by atomic mass is 10.2. The van der Waals surface area contributed by atoms with Gasteiger partial charge in [-0.25, -0.2) is 0 Å². The van der Waals surface area contributed by atoms with Crippen LogP contribution in [0.25, 0.3) is 0 Å². The van der Waals surface area contributed by atoms with Crippen molar-refractivity contribution >= 4 is 17.6 Å². The Labute approximate surface area is 96.7 Å². The highest BCUT2D eigenvalue weighted by Gasteiger charge is 2.04. The molecule has 0 aliphatic carbocycles. The lowest BCUT2D eigenvalue weighted by Crippen LogP contribution is -2.39. The van der Waals surface area contributed by atoms with Crippen molar-refractivity contribution in [1.82, 2.24) is 5.32 Å². The van der Waals surface area contributed by atoms with Crippen LogP contribution in [0.15, 0.2) is 5.16 Å². The molecule has 0 aliphatic heterocycles. The first-order valence-electron chi connectivity index (χ1n) is 5.42. The minimum Gasteiger partial charge on any atom is -0.409 e. The predicted octanol–water partition coefficient (Wildman–Crippen LogP) is 1.63. The molecule has 0 aliphatic rings. The Morgan fingerprint density at radius 2 is 2.07 bits per heavy atom. The van der Waals surface area contributed by atoms with Gasteiger partial charge in [-0.05, 0) is 38.3 Å². The second-order valence-electron chi connectivity index (χ2n) is 3.61. The Morgan fingerprint density at radius 3 is 2.67 bits per heavy atom. The lowest BCUT2D eigenvalue weighted by molar-refractivity contribution is 0.315. The van der Waals surface area contributed by atoms with Gasteiger partial charge >= 0.3 is 0 Å². The van der Waals surface area contributed by atoms with Gasteiger partial charge < -0.3 is 16.3 Å². The summed E-state index contributed by atoms with van der Waals surface area (Å²) in [6, 6.07) is -0.0406. The smallest absolute Gasteiger partial charge is 0.156 e. The summed E-state index contributed by atoms with van der Waals surface area (Å²) < 4.78 is 0. The zero-order chi connectivity index (χ0) is 11.5. The zero-order valence-electron chi connectivity index (χ0n) is 9.70. The molecule has 0 saturated carbocycles. The Morgan fingerprint density at radius 1 is 1.40 bits per heavy atom.